The van der Waals surface area contributed by atoms with Gasteiger partial charge < -0.3 is 20.1 Å². The van der Waals surface area contributed by atoms with Crippen molar-refractivity contribution in [2.24, 2.45) is 5.92 Å². The van der Waals surface area contributed by atoms with Gasteiger partial charge in [-0.3, -0.25) is 4.79 Å². The van der Waals surface area contributed by atoms with Crippen LogP contribution in [0.2, 0.25) is 0 Å². The predicted octanol–water partition coefficient (Wildman–Crippen LogP) is 3.81. The summed E-state index contributed by atoms with van der Waals surface area (Å²) in [6.07, 6.45) is 0. The van der Waals surface area contributed by atoms with Crippen molar-refractivity contribution in [2.75, 3.05) is 38.7 Å². The highest BCUT2D eigenvalue weighted by Gasteiger charge is 2.14. The summed E-state index contributed by atoms with van der Waals surface area (Å²) in [5.74, 6) is 1.42. The molecule has 0 spiro atoms. The fraction of sp³-hybridized carbons (Fsp3) is 0.824. The number of hydrogen-bond acceptors (Lipinski definition) is 6. The van der Waals surface area contributed by atoms with Crippen LogP contribution in [0, 0.1) is 5.92 Å². The molecule has 24 heavy (non-hydrogen) atoms. The van der Waals surface area contributed by atoms with Crippen molar-refractivity contribution in [3.63, 3.8) is 0 Å². The fourth-order valence-corrected chi connectivity index (χ4v) is 4.05. The number of hydrogen-bond donors (Lipinski definition) is 2. The van der Waals surface area contributed by atoms with Crippen LogP contribution in [0.5, 0.6) is 0 Å². The second-order valence-electron chi connectivity index (χ2n) is 5.52. The Hall–Kier alpha value is -0.210. The summed E-state index contributed by atoms with van der Waals surface area (Å²) < 4.78 is 11.1. The van der Waals surface area contributed by atoms with Gasteiger partial charge in [-0.1, -0.05) is 49.3 Å². The Morgan fingerprint density at radius 1 is 1.21 bits per heavy atom. The van der Waals surface area contributed by atoms with Gasteiger partial charge in [-0.25, -0.2) is 0 Å². The Balaban J connectivity index is -0.000000582. The van der Waals surface area contributed by atoms with Crippen molar-refractivity contribution in [3.8, 4) is 0 Å². The molecule has 0 saturated heterocycles. The molecule has 5 nitrogen and oxygen atoms in total. The van der Waals surface area contributed by atoms with Crippen LogP contribution in [0.1, 0.15) is 37.5 Å². The zero-order chi connectivity index (χ0) is 18.8. The lowest BCUT2D eigenvalue weighted by atomic mass is 10.2. The van der Waals surface area contributed by atoms with E-state index in [1.54, 1.807) is 10.8 Å². The van der Waals surface area contributed by atoms with Gasteiger partial charge in [0.25, 0.3) is 0 Å². The van der Waals surface area contributed by atoms with Gasteiger partial charge in [0.15, 0.2) is 0 Å². The lowest BCUT2D eigenvalue weighted by Gasteiger charge is -2.20. The molecule has 148 valence electrons. The molecular formula is C17H40N2O3S2. The highest BCUT2D eigenvalue weighted by atomic mass is 33.1. The van der Waals surface area contributed by atoms with E-state index in [9.17, 15) is 4.79 Å². The number of nitrogens with one attached hydrogen (secondary N) is 2. The quantitative estimate of drug-likeness (QED) is 0.205. The monoisotopic (exact) mass is 384 g/mol. The van der Waals surface area contributed by atoms with E-state index in [4.69, 9.17) is 9.47 Å². The largest absolute Gasteiger partial charge is 0.369 e. The lowest BCUT2D eigenvalue weighted by molar-refractivity contribution is -0.126. The molecule has 0 heterocycles. The summed E-state index contributed by atoms with van der Waals surface area (Å²) in [6.45, 7) is 19.2. The Labute approximate surface area is 159 Å². The van der Waals surface area contributed by atoms with Gasteiger partial charge in [0.1, 0.15) is 12.0 Å². The maximum Gasteiger partial charge on any atom is 0.245 e. The molecule has 2 N–H and O–H groups in total. The van der Waals surface area contributed by atoms with E-state index in [0.29, 0.717) is 31.7 Å². The van der Waals surface area contributed by atoms with E-state index >= 15 is 0 Å². The molecule has 0 aliphatic carbocycles. The SMILES string of the molecule is C=C.CCNC(=O)COCCOC(SSCCNC(C)C)C(C)C.[HH].[HH]. The fourth-order valence-electron chi connectivity index (χ4n) is 1.47. The van der Waals surface area contributed by atoms with Crippen LogP contribution in [0.25, 0.3) is 0 Å². The maximum absolute atomic E-state index is 11.2. The number of likely N-dealkylation sites (N-methyl/N-ethyl adjacent to an activating group) is 1. The normalized spacial score (nSPS) is 12.0. The van der Waals surface area contributed by atoms with Crippen molar-refractivity contribution < 1.29 is 17.1 Å². The van der Waals surface area contributed by atoms with E-state index in [1.165, 1.54) is 0 Å². The minimum atomic E-state index is -0.0782. The smallest absolute Gasteiger partial charge is 0.245 e. The lowest BCUT2D eigenvalue weighted by Crippen LogP contribution is -2.28. The number of amides is 1. The maximum atomic E-state index is 11.2. The Morgan fingerprint density at radius 2 is 1.88 bits per heavy atom. The highest BCUT2D eigenvalue weighted by Crippen LogP contribution is 2.31. The van der Waals surface area contributed by atoms with Crippen LogP contribution in [-0.2, 0) is 14.3 Å². The molecule has 0 aromatic rings. The average Bonchev–Trinajstić information content (AvgIpc) is 2.54. The zero-order valence-corrected chi connectivity index (χ0v) is 17.6. The first-order valence-corrected chi connectivity index (χ1v) is 10.8. The second-order valence-corrected chi connectivity index (χ2v) is 8.10. The molecule has 7 heteroatoms. The second kappa shape index (κ2) is 19.1. The van der Waals surface area contributed by atoms with E-state index in [0.717, 1.165) is 12.3 Å². The van der Waals surface area contributed by atoms with E-state index in [1.807, 2.05) is 17.7 Å². The standard InChI is InChI=1S/C15H32N2O3S2.C2H4.2H2/c1-6-16-14(18)11-19-8-9-20-15(12(2)3)22-21-10-7-17-13(4)5;1-2;;/h12-13,15,17H,6-11H2,1-5H3,(H,16,18);1-2H2;2*1H. The van der Waals surface area contributed by atoms with Crippen molar-refractivity contribution in [1.82, 2.24) is 10.6 Å². The molecule has 0 radical (unpaired) electrons. The highest BCUT2D eigenvalue weighted by molar-refractivity contribution is 8.76. The van der Waals surface area contributed by atoms with Gasteiger partial charge in [-0.15, -0.1) is 13.2 Å². The average molecular weight is 385 g/mol. The first-order valence-electron chi connectivity index (χ1n) is 8.45. The first-order chi connectivity index (χ1) is 11.5. The van der Waals surface area contributed by atoms with Crippen LogP contribution in [0.15, 0.2) is 13.2 Å². The molecule has 0 bridgehead atoms. The third-order valence-electron chi connectivity index (χ3n) is 2.56. The molecule has 1 unspecified atom stereocenters. The third-order valence-corrected chi connectivity index (χ3v) is 5.42. The minimum Gasteiger partial charge on any atom is -0.369 e. The van der Waals surface area contributed by atoms with E-state index in [-0.39, 0.29) is 20.8 Å². The van der Waals surface area contributed by atoms with Crippen LogP contribution in [0.3, 0.4) is 0 Å². The molecule has 0 rings (SSSR count). The Bertz CT molecular complexity index is 303. The molecule has 1 atom stereocenters. The number of ether oxygens (including phenoxy) is 2. The van der Waals surface area contributed by atoms with Gasteiger partial charge in [0.05, 0.1) is 13.2 Å². The van der Waals surface area contributed by atoms with Gasteiger partial charge in [0.2, 0.25) is 5.91 Å². The van der Waals surface area contributed by atoms with Crippen molar-refractivity contribution >= 4 is 27.5 Å². The Kier molecular flexibility index (Phi) is 20.7. The molecule has 0 aliphatic rings. The molecule has 1 amide bonds. The summed E-state index contributed by atoms with van der Waals surface area (Å²) in [5.41, 5.74) is 0.150. The topological polar surface area (TPSA) is 59.6 Å². The minimum absolute atomic E-state index is 0. The third kappa shape index (κ3) is 18.1. The summed E-state index contributed by atoms with van der Waals surface area (Å²) in [5, 5.41) is 6.09. The zero-order valence-electron chi connectivity index (χ0n) is 15.9. The summed E-state index contributed by atoms with van der Waals surface area (Å²) in [4.78, 5) is 11.2. The van der Waals surface area contributed by atoms with Gasteiger partial charge in [0, 0.05) is 27.7 Å². The van der Waals surface area contributed by atoms with Crippen LogP contribution in [-0.4, -0.2) is 56.0 Å². The van der Waals surface area contributed by atoms with Crippen LogP contribution >= 0.6 is 21.6 Å². The summed E-state index contributed by atoms with van der Waals surface area (Å²) in [7, 11) is 3.60. The van der Waals surface area contributed by atoms with Crippen molar-refractivity contribution in [1.29, 1.82) is 0 Å². The van der Waals surface area contributed by atoms with Gasteiger partial charge in [-0.2, -0.15) is 0 Å². The number of rotatable bonds is 14. The molecule has 0 aromatic carbocycles. The summed E-state index contributed by atoms with van der Waals surface area (Å²) in [6, 6.07) is 0.532. The number of carbonyl (C=O) groups excluding carboxylic acids is 1. The Morgan fingerprint density at radius 3 is 2.42 bits per heavy atom. The van der Waals surface area contributed by atoms with Crippen molar-refractivity contribution in [3.05, 3.63) is 13.2 Å². The molecular weight excluding hydrogens is 344 g/mol. The van der Waals surface area contributed by atoms with Gasteiger partial charge in [-0.05, 0) is 12.8 Å². The van der Waals surface area contributed by atoms with E-state index < -0.39 is 0 Å². The van der Waals surface area contributed by atoms with Crippen LogP contribution in [0.4, 0.5) is 0 Å². The van der Waals surface area contributed by atoms with Crippen LogP contribution < -0.4 is 10.6 Å². The summed E-state index contributed by atoms with van der Waals surface area (Å²) >= 11 is 0. The molecule has 0 aromatic heterocycles. The predicted molar refractivity (Wildman–Crippen MR) is 113 cm³/mol. The first kappa shape index (κ1) is 26.0. The van der Waals surface area contributed by atoms with Crippen molar-refractivity contribution in [2.45, 2.75) is 46.1 Å². The molecule has 0 fully saturated rings. The number of carbonyl (C=O) groups is 1. The van der Waals surface area contributed by atoms with E-state index in [2.05, 4.69) is 51.5 Å². The molecule has 0 aliphatic heterocycles. The van der Waals surface area contributed by atoms with Gasteiger partial charge >= 0.3 is 0 Å². The molecule has 0 saturated carbocycles.